The number of aromatic carboxylic acids is 1. The third-order valence-corrected chi connectivity index (χ3v) is 3.31. The number of halogens is 1. The van der Waals surface area contributed by atoms with Crippen molar-refractivity contribution < 1.29 is 9.90 Å². The predicted molar refractivity (Wildman–Crippen MR) is 81.6 cm³/mol. The van der Waals surface area contributed by atoms with Crippen LogP contribution in [0.15, 0.2) is 48.5 Å². The van der Waals surface area contributed by atoms with Crippen molar-refractivity contribution in [1.82, 2.24) is 0 Å². The molecule has 0 aliphatic rings. The fraction of sp³-hybridized carbons (Fsp3) is 0.188. The summed E-state index contributed by atoms with van der Waals surface area (Å²) in [4.78, 5) is 10.9. The predicted octanol–water partition coefficient (Wildman–Crippen LogP) is 4.08. The Labute approximate surface area is 123 Å². The zero-order chi connectivity index (χ0) is 14.5. The van der Waals surface area contributed by atoms with Gasteiger partial charge >= 0.3 is 5.97 Å². The van der Waals surface area contributed by atoms with Crippen molar-refractivity contribution in [3.8, 4) is 0 Å². The maximum atomic E-state index is 10.9. The molecule has 20 heavy (non-hydrogen) atoms. The Hall–Kier alpha value is -2.00. The lowest BCUT2D eigenvalue weighted by atomic mass is 10.1. The number of hydrogen-bond donors (Lipinski definition) is 2. The van der Waals surface area contributed by atoms with E-state index in [2.05, 4.69) is 24.4 Å². The lowest BCUT2D eigenvalue weighted by Gasteiger charge is -2.16. The van der Waals surface area contributed by atoms with Crippen LogP contribution in [0, 0.1) is 0 Å². The molecule has 0 saturated carbocycles. The number of carbonyl (C=O) groups is 1. The van der Waals surface area contributed by atoms with Gasteiger partial charge in [0.05, 0.1) is 10.6 Å². The van der Waals surface area contributed by atoms with Gasteiger partial charge in [0.1, 0.15) is 0 Å². The molecule has 2 aromatic carbocycles. The Kier molecular flexibility index (Phi) is 4.64. The van der Waals surface area contributed by atoms with Gasteiger partial charge in [-0.2, -0.15) is 0 Å². The van der Waals surface area contributed by atoms with Gasteiger partial charge in [0.25, 0.3) is 0 Å². The van der Waals surface area contributed by atoms with Gasteiger partial charge in [-0.1, -0.05) is 41.9 Å². The highest BCUT2D eigenvalue weighted by atomic mass is 35.5. The lowest BCUT2D eigenvalue weighted by molar-refractivity contribution is 0.0697. The van der Waals surface area contributed by atoms with Crippen LogP contribution >= 0.6 is 11.6 Å². The molecule has 0 amide bonds. The van der Waals surface area contributed by atoms with Gasteiger partial charge in [0.2, 0.25) is 0 Å². The second-order valence-electron chi connectivity index (χ2n) is 4.73. The van der Waals surface area contributed by atoms with Gasteiger partial charge in [-0.15, -0.1) is 0 Å². The highest BCUT2D eigenvalue weighted by Gasteiger charge is 2.10. The summed E-state index contributed by atoms with van der Waals surface area (Å²) in [7, 11) is 0. The summed E-state index contributed by atoms with van der Waals surface area (Å²) < 4.78 is 0. The van der Waals surface area contributed by atoms with E-state index in [1.807, 2.05) is 18.2 Å². The average molecular weight is 290 g/mol. The van der Waals surface area contributed by atoms with E-state index in [0.717, 1.165) is 12.1 Å². The Balaban J connectivity index is 2.03. The van der Waals surface area contributed by atoms with E-state index >= 15 is 0 Å². The molecule has 0 heterocycles. The van der Waals surface area contributed by atoms with Gasteiger partial charge in [0, 0.05) is 11.7 Å². The molecule has 3 nitrogen and oxygen atoms in total. The lowest BCUT2D eigenvalue weighted by Crippen LogP contribution is -2.18. The number of benzene rings is 2. The zero-order valence-electron chi connectivity index (χ0n) is 11.1. The molecule has 0 spiro atoms. The molecule has 0 saturated heterocycles. The highest BCUT2D eigenvalue weighted by molar-refractivity contribution is 6.33. The number of anilines is 1. The number of rotatable bonds is 5. The summed E-state index contributed by atoms with van der Waals surface area (Å²) in [6, 6.07) is 15.3. The summed E-state index contributed by atoms with van der Waals surface area (Å²) in [5, 5.41) is 12.5. The van der Waals surface area contributed by atoms with Crippen molar-refractivity contribution in [3.63, 3.8) is 0 Å². The van der Waals surface area contributed by atoms with Gasteiger partial charge in [-0.25, -0.2) is 4.79 Å². The van der Waals surface area contributed by atoms with E-state index in [4.69, 9.17) is 16.7 Å². The summed E-state index contributed by atoms with van der Waals surface area (Å²) in [6.07, 6.45) is 0.888. The SMILES string of the molecule is CC(Cc1ccccc1)Nc1ccc(C(=O)O)c(Cl)c1. The van der Waals surface area contributed by atoms with Gasteiger partial charge < -0.3 is 10.4 Å². The molecular formula is C16H16ClNO2. The first kappa shape index (κ1) is 14.4. The minimum absolute atomic E-state index is 0.118. The van der Waals surface area contributed by atoms with Crippen molar-refractivity contribution in [2.45, 2.75) is 19.4 Å². The van der Waals surface area contributed by atoms with Gasteiger partial charge in [-0.3, -0.25) is 0 Å². The van der Waals surface area contributed by atoms with Crippen molar-refractivity contribution in [2.24, 2.45) is 0 Å². The minimum atomic E-state index is -1.01. The molecule has 0 aliphatic heterocycles. The standard InChI is InChI=1S/C16H16ClNO2/c1-11(9-12-5-3-2-4-6-12)18-13-7-8-14(16(19)20)15(17)10-13/h2-8,10-11,18H,9H2,1H3,(H,19,20). The van der Waals surface area contributed by atoms with Crippen LogP contribution in [0.1, 0.15) is 22.8 Å². The van der Waals surface area contributed by atoms with E-state index in [0.29, 0.717) is 0 Å². The molecule has 2 aromatic rings. The van der Waals surface area contributed by atoms with E-state index in [9.17, 15) is 4.79 Å². The Morgan fingerprint density at radius 3 is 2.55 bits per heavy atom. The van der Waals surface area contributed by atoms with E-state index < -0.39 is 5.97 Å². The van der Waals surface area contributed by atoms with Gasteiger partial charge in [-0.05, 0) is 37.1 Å². The molecule has 1 unspecified atom stereocenters. The summed E-state index contributed by atoms with van der Waals surface area (Å²) in [5.41, 5.74) is 2.19. The molecule has 2 N–H and O–H groups in total. The van der Waals surface area contributed by atoms with Crippen LogP contribution in [0.4, 0.5) is 5.69 Å². The molecule has 0 bridgehead atoms. The summed E-state index contributed by atoms with van der Waals surface area (Å²) in [5.74, 6) is -1.01. The molecule has 0 aromatic heterocycles. The van der Waals surface area contributed by atoms with Crippen LogP contribution < -0.4 is 5.32 Å². The van der Waals surface area contributed by atoms with E-state index in [1.165, 1.54) is 11.6 Å². The molecule has 0 aliphatic carbocycles. The smallest absolute Gasteiger partial charge is 0.337 e. The normalized spacial score (nSPS) is 11.9. The molecule has 104 valence electrons. The number of carboxylic acid groups (broad SMARTS) is 1. The number of nitrogens with one attached hydrogen (secondary N) is 1. The first-order chi connectivity index (χ1) is 9.56. The van der Waals surface area contributed by atoms with Crippen LogP contribution in [0.3, 0.4) is 0 Å². The van der Waals surface area contributed by atoms with Crippen LogP contribution in [-0.2, 0) is 6.42 Å². The molecule has 1 atom stereocenters. The fourth-order valence-corrected chi connectivity index (χ4v) is 2.34. The average Bonchev–Trinajstić information content (AvgIpc) is 2.39. The third kappa shape index (κ3) is 3.75. The molecule has 0 radical (unpaired) electrons. The minimum Gasteiger partial charge on any atom is -0.478 e. The summed E-state index contributed by atoms with van der Waals surface area (Å²) in [6.45, 7) is 2.08. The van der Waals surface area contributed by atoms with E-state index in [1.54, 1.807) is 12.1 Å². The number of carboxylic acids is 1. The second-order valence-corrected chi connectivity index (χ2v) is 5.14. The Bertz CT molecular complexity index is 599. The first-order valence-corrected chi connectivity index (χ1v) is 6.77. The van der Waals surface area contributed by atoms with Crippen LogP contribution in [0.2, 0.25) is 5.02 Å². The monoisotopic (exact) mass is 289 g/mol. The fourth-order valence-electron chi connectivity index (χ4n) is 2.08. The first-order valence-electron chi connectivity index (χ1n) is 6.39. The maximum Gasteiger partial charge on any atom is 0.337 e. The third-order valence-electron chi connectivity index (χ3n) is 3.00. The number of hydrogen-bond acceptors (Lipinski definition) is 2. The summed E-state index contributed by atoms with van der Waals surface area (Å²) >= 11 is 5.95. The topological polar surface area (TPSA) is 49.3 Å². The van der Waals surface area contributed by atoms with Crippen molar-refractivity contribution in [3.05, 3.63) is 64.7 Å². The zero-order valence-corrected chi connectivity index (χ0v) is 11.9. The Morgan fingerprint density at radius 2 is 1.95 bits per heavy atom. The van der Waals surface area contributed by atoms with Crippen LogP contribution in [0.5, 0.6) is 0 Å². The highest BCUT2D eigenvalue weighted by Crippen LogP contribution is 2.22. The van der Waals surface area contributed by atoms with Crippen molar-refractivity contribution in [1.29, 1.82) is 0 Å². The van der Waals surface area contributed by atoms with Crippen LogP contribution in [0.25, 0.3) is 0 Å². The van der Waals surface area contributed by atoms with Crippen LogP contribution in [-0.4, -0.2) is 17.1 Å². The van der Waals surface area contributed by atoms with Crippen molar-refractivity contribution in [2.75, 3.05) is 5.32 Å². The van der Waals surface area contributed by atoms with Gasteiger partial charge in [0.15, 0.2) is 0 Å². The largest absolute Gasteiger partial charge is 0.478 e. The Morgan fingerprint density at radius 1 is 1.25 bits per heavy atom. The second kappa shape index (κ2) is 6.44. The van der Waals surface area contributed by atoms with Crippen molar-refractivity contribution >= 4 is 23.3 Å². The molecule has 0 fully saturated rings. The molecular weight excluding hydrogens is 274 g/mol. The molecule has 4 heteroatoms. The quantitative estimate of drug-likeness (QED) is 0.872. The van der Waals surface area contributed by atoms with E-state index in [-0.39, 0.29) is 16.6 Å². The maximum absolute atomic E-state index is 10.9. The molecule has 2 rings (SSSR count).